The highest BCUT2D eigenvalue weighted by Crippen LogP contribution is 2.32. The minimum absolute atomic E-state index is 0.0902. The zero-order valence-electron chi connectivity index (χ0n) is 10.5. The lowest BCUT2D eigenvalue weighted by atomic mass is 10.2. The number of nitrogens with zero attached hydrogens (tertiary/aromatic N) is 2. The van der Waals surface area contributed by atoms with Crippen molar-refractivity contribution in [3.63, 3.8) is 0 Å². The van der Waals surface area contributed by atoms with Crippen molar-refractivity contribution in [3.8, 4) is 5.75 Å². The van der Waals surface area contributed by atoms with E-state index >= 15 is 0 Å². The monoisotopic (exact) mass is 376 g/mol. The summed E-state index contributed by atoms with van der Waals surface area (Å²) in [6.07, 6.45) is 3.02. The molecule has 0 bridgehead atoms. The van der Waals surface area contributed by atoms with Crippen LogP contribution in [-0.4, -0.2) is 23.5 Å². The summed E-state index contributed by atoms with van der Waals surface area (Å²) in [5, 5.41) is 5.38. The molecule has 102 valence electrons. The molecule has 1 saturated heterocycles. The number of methoxy groups -OCH3 is 1. The minimum atomic E-state index is -0.372. The van der Waals surface area contributed by atoms with Crippen LogP contribution < -0.4 is 4.74 Å². The molecule has 0 radical (unpaired) electrons. The van der Waals surface area contributed by atoms with E-state index in [1.807, 2.05) is 0 Å². The molecule has 0 N–H and O–H groups in total. The van der Waals surface area contributed by atoms with Crippen molar-refractivity contribution in [1.29, 1.82) is 0 Å². The first-order chi connectivity index (χ1) is 9.20. The van der Waals surface area contributed by atoms with Gasteiger partial charge in [0.2, 0.25) is 0 Å². The van der Waals surface area contributed by atoms with E-state index in [2.05, 4.69) is 27.7 Å². The smallest absolute Gasteiger partial charge is 0.167 e. The van der Waals surface area contributed by atoms with Gasteiger partial charge in [-0.05, 0) is 47.9 Å². The van der Waals surface area contributed by atoms with Crippen LogP contribution in [0.3, 0.4) is 0 Å². The quantitative estimate of drug-likeness (QED) is 0.753. The Morgan fingerprint density at radius 3 is 3.00 bits per heavy atom. The number of halogens is 2. The number of fused-ring (bicyclic) bond motifs is 1. The van der Waals surface area contributed by atoms with Crippen LogP contribution in [-0.2, 0) is 4.74 Å². The molecule has 1 aliphatic rings. The van der Waals surface area contributed by atoms with Gasteiger partial charge in [0.25, 0.3) is 0 Å². The first-order valence-corrected chi connectivity index (χ1v) is 7.31. The molecule has 19 heavy (non-hydrogen) atoms. The lowest BCUT2D eigenvalue weighted by Crippen LogP contribution is -2.19. The highest BCUT2D eigenvalue weighted by atomic mass is 127. The van der Waals surface area contributed by atoms with E-state index in [-0.39, 0.29) is 17.8 Å². The molecule has 2 heterocycles. The largest absolute Gasteiger partial charge is 0.494 e. The third-order valence-corrected chi connectivity index (χ3v) is 4.16. The van der Waals surface area contributed by atoms with Gasteiger partial charge in [-0.3, -0.25) is 0 Å². The third kappa shape index (κ3) is 2.31. The molecule has 1 unspecified atom stereocenters. The first kappa shape index (κ1) is 13.1. The molecule has 0 amide bonds. The van der Waals surface area contributed by atoms with Gasteiger partial charge in [-0.1, -0.05) is 0 Å². The van der Waals surface area contributed by atoms with E-state index in [1.54, 1.807) is 10.7 Å². The maximum atomic E-state index is 13.9. The number of hydrogen-bond donors (Lipinski definition) is 0. The van der Waals surface area contributed by atoms with Crippen molar-refractivity contribution >= 4 is 33.5 Å². The lowest BCUT2D eigenvalue weighted by Gasteiger charge is -2.23. The van der Waals surface area contributed by atoms with Crippen LogP contribution in [0.15, 0.2) is 12.1 Å². The van der Waals surface area contributed by atoms with E-state index in [0.717, 1.165) is 40.5 Å². The third-order valence-electron chi connectivity index (χ3n) is 3.36. The summed E-state index contributed by atoms with van der Waals surface area (Å²) in [4.78, 5) is 0. The van der Waals surface area contributed by atoms with Crippen molar-refractivity contribution in [3.05, 3.63) is 21.7 Å². The molecular formula is C13H14FIN2O2. The molecule has 0 spiro atoms. The number of benzene rings is 1. The van der Waals surface area contributed by atoms with Crippen molar-refractivity contribution in [2.24, 2.45) is 0 Å². The molecule has 4 nitrogen and oxygen atoms in total. The predicted octanol–water partition coefficient (Wildman–Crippen LogP) is 3.49. The number of rotatable bonds is 2. The molecule has 3 rings (SSSR count). The summed E-state index contributed by atoms with van der Waals surface area (Å²) in [7, 11) is 1.46. The maximum Gasteiger partial charge on any atom is 0.167 e. The van der Waals surface area contributed by atoms with Crippen LogP contribution in [0.2, 0.25) is 0 Å². The Balaban J connectivity index is 2.12. The average Bonchev–Trinajstić information content (AvgIpc) is 2.75. The summed E-state index contributed by atoms with van der Waals surface area (Å²) < 4.78 is 27.2. The van der Waals surface area contributed by atoms with Crippen LogP contribution in [0.25, 0.3) is 10.9 Å². The molecule has 1 aliphatic heterocycles. The van der Waals surface area contributed by atoms with Gasteiger partial charge < -0.3 is 9.47 Å². The zero-order chi connectivity index (χ0) is 13.4. The van der Waals surface area contributed by atoms with Crippen molar-refractivity contribution in [2.75, 3.05) is 13.7 Å². The SMILES string of the molecule is COc1cc2c(I)nn(C3CCCCO3)c2cc1F. The summed E-state index contributed by atoms with van der Waals surface area (Å²) in [6.45, 7) is 0.737. The van der Waals surface area contributed by atoms with E-state index in [4.69, 9.17) is 9.47 Å². The van der Waals surface area contributed by atoms with Crippen molar-refractivity contribution in [2.45, 2.75) is 25.5 Å². The summed E-state index contributed by atoms with van der Waals surface area (Å²) in [5.74, 6) is -0.127. The summed E-state index contributed by atoms with van der Waals surface area (Å²) in [5.41, 5.74) is 0.759. The van der Waals surface area contributed by atoms with Gasteiger partial charge in [-0.2, -0.15) is 5.10 Å². The Morgan fingerprint density at radius 1 is 1.47 bits per heavy atom. The number of ether oxygens (including phenoxy) is 2. The van der Waals surface area contributed by atoms with E-state index < -0.39 is 0 Å². The Morgan fingerprint density at radius 2 is 2.32 bits per heavy atom. The molecule has 1 aromatic heterocycles. The second-order valence-corrected chi connectivity index (χ2v) is 5.58. The molecular weight excluding hydrogens is 362 g/mol. The van der Waals surface area contributed by atoms with Crippen LogP contribution in [0.4, 0.5) is 4.39 Å². The molecule has 0 saturated carbocycles. The zero-order valence-corrected chi connectivity index (χ0v) is 12.7. The van der Waals surface area contributed by atoms with Gasteiger partial charge >= 0.3 is 0 Å². The molecule has 1 atom stereocenters. The fourth-order valence-corrected chi connectivity index (χ4v) is 3.06. The minimum Gasteiger partial charge on any atom is -0.494 e. The highest BCUT2D eigenvalue weighted by Gasteiger charge is 2.21. The van der Waals surface area contributed by atoms with E-state index in [1.165, 1.54) is 13.2 Å². The first-order valence-electron chi connectivity index (χ1n) is 6.23. The topological polar surface area (TPSA) is 36.3 Å². The lowest BCUT2D eigenvalue weighted by molar-refractivity contribution is -0.0368. The Hall–Kier alpha value is -0.890. The predicted molar refractivity (Wildman–Crippen MR) is 77.8 cm³/mol. The van der Waals surface area contributed by atoms with Crippen LogP contribution in [0, 0.1) is 9.52 Å². The summed E-state index contributed by atoms with van der Waals surface area (Å²) in [6, 6.07) is 3.17. The Labute approximate surface area is 124 Å². The molecule has 0 aliphatic carbocycles. The van der Waals surface area contributed by atoms with Gasteiger partial charge in [0.05, 0.1) is 12.6 Å². The molecule has 2 aromatic rings. The van der Waals surface area contributed by atoms with Gasteiger partial charge in [0.15, 0.2) is 17.8 Å². The van der Waals surface area contributed by atoms with Gasteiger partial charge in [-0.15, -0.1) is 0 Å². The fraction of sp³-hybridized carbons (Fsp3) is 0.462. The number of hydrogen-bond acceptors (Lipinski definition) is 3. The van der Waals surface area contributed by atoms with Gasteiger partial charge in [0.1, 0.15) is 3.70 Å². The van der Waals surface area contributed by atoms with Crippen LogP contribution >= 0.6 is 22.6 Å². The van der Waals surface area contributed by atoms with Crippen LogP contribution in [0.5, 0.6) is 5.75 Å². The highest BCUT2D eigenvalue weighted by molar-refractivity contribution is 14.1. The molecule has 1 aromatic carbocycles. The normalized spacial score (nSPS) is 19.8. The maximum absolute atomic E-state index is 13.9. The fourth-order valence-electron chi connectivity index (χ4n) is 2.39. The second-order valence-electron chi connectivity index (χ2n) is 4.56. The van der Waals surface area contributed by atoms with Gasteiger partial charge in [-0.25, -0.2) is 9.07 Å². The Bertz CT molecular complexity index is 608. The average molecular weight is 376 g/mol. The standard InChI is InChI=1S/C13H14FIN2O2/c1-18-11-6-8-10(7-9(11)14)17(16-13(8)15)12-4-2-3-5-19-12/h6-7,12H,2-5H2,1H3. The van der Waals surface area contributed by atoms with E-state index in [0.29, 0.717) is 0 Å². The molecule has 1 fully saturated rings. The van der Waals surface area contributed by atoms with Crippen molar-refractivity contribution in [1.82, 2.24) is 9.78 Å². The number of aromatic nitrogens is 2. The van der Waals surface area contributed by atoms with Gasteiger partial charge in [0, 0.05) is 18.1 Å². The van der Waals surface area contributed by atoms with Crippen LogP contribution in [0.1, 0.15) is 25.5 Å². The molecule has 6 heteroatoms. The van der Waals surface area contributed by atoms with E-state index in [9.17, 15) is 4.39 Å². The summed E-state index contributed by atoms with van der Waals surface area (Å²) >= 11 is 2.15. The second kappa shape index (κ2) is 5.24. The Kier molecular flexibility index (Phi) is 3.62. The van der Waals surface area contributed by atoms with Crippen molar-refractivity contribution < 1.29 is 13.9 Å².